The van der Waals surface area contributed by atoms with Crippen LogP contribution in [-0.2, 0) is 0 Å². The van der Waals surface area contributed by atoms with Crippen molar-refractivity contribution in [2.24, 2.45) is 0 Å². The SMILES string of the molecule is O=C(c1cc2cc(Cl)ccc2o1)c1ccc(F)cc1Br. The molecule has 0 unspecified atom stereocenters. The lowest BCUT2D eigenvalue weighted by atomic mass is 10.1. The molecule has 0 amide bonds. The minimum atomic E-state index is -0.412. The zero-order chi connectivity index (χ0) is 14.3. The van der Waals surface area contributed by atoms with Crippen LogP contribution in [0.2, 0.25) is 5.02 Å². The number of furan rings is 1. The normalized spacial score (nSPS) is 10.9. The number of halogens is 3. The highest BCUT2D eigenvalue weighted by Gasteiger charge is 2.17. The molecule has 5 heteroatoms. The van der Waals surface area contributed by atoms with Gasteiger partial charge in [0.15, 0.2) is 5.76 Å². The summed E-state index contributed by atoms with van der Waals surface area (Å²) in [4.78, 5) is 12.4. The van der Waals surface area contributed by atoms with Crippen LogP contribution in [0.3, 0.4) is 0 Å². The molecule has 0 saturated carbocycles. The Morgan fingerprint density at radius 2 is 1.95 bits per heavy atom. The average molecular weight is 354 g/mol. The monoisotopic (exact) mass is 352 g/mol. The number of benzene rings is 2. The van der Waals surface area contributed by atoms with Crippen molar-refractivity contribution < 1.29 is 13.6 Å². The van der Waals surface area contributed by atoms with E-state index in [-0.39, 0.29) is 11.5 Å². The van der Waals surface area contributed by atoms with Crippen LogP contribution in [0, 0.1) is 5.82 Å². The van der Waals surface area contributed by atoms with E-state index in [2.05, 4.69) is 15.9 Å². The molecule has 20 heavy (non-hydrogen) atoms. The first-order chi connectivity index (χ1) is 9.54. The molecule has 1 heterocycles. The second-order valence-electron chi connectivity index (χ2n) is 4.25. The first-order valence-corrected chi connectivity index (χ1v) is 6.90. The van der Waals surface area contributed by atoms with Crippen LogP contribution in [0.4, 0.5) is 4.39 Å². The van der Waals surface area contributed by atoms with Crippen molar-refractivity contribution in [1.82, 2.24) is 0 Å². The Balaban J connectivity index is 2.08. The van der Waals surface area contributed by atoms with E-state index in [1.54, 1.807) is 24.3 Å². The number of carbonyl (C=O) groups is 1. The number of ketones is 1. The summed E-state index contributed by atoms with van der Waals surface area (Å²) < 4.78 is 18.9. The third-order valence-corrected chi connectivity index (χ3v) is 3.77. The zero-order valence-corrected chi connectivity index (χ0v) is 12.3. The molecule has 0 N–H and O–H groups in total. The molecule has 0 fully saturated rings. The maximum absolute atomic E-state index is 13.0. The maximum Gasteiger partial charge on any atom is 0.229 e. The number of fused-ring (bicyclic) bond motifs is 1. The highest BCUT2D eigenvalue weighted by Crippen LogP contribution is 2.27. The van der Waals surface area contributed by atoms with Crippen LogP contribution in [0.15, 0.2) is 51.4 Å². The quantitative estimate of drug-likeness (QED) is 0.591. The fourth-order valence-electron chi connectivity index (χ4n) is 1.93. The topological polar surface area (TPSA) is 30.2 Å². The Kier molecular flexibility index (Phi) is 3.36. The molecule has 3 aromatic rings. The summed E-state index contributed by atoms with van der Waals surface area (Å²) in [6.45, 7) is 0. The predicted octanol–water partition coefficient (Wildman–Crippen LogP) is 5.22. The molecule has 2 nitrogen and oxygen atoms in total. The largest absolute Gasteiger partial charge is 0.453 e. The molecule has 0 saturated heterocycles. The molecule has 1 aromatic heterocycles. The molecular formula is C15H7BrClFO2. The van der Waals surface area contributed by atoms with E-state index in [0.717, 1.165) is 5.39 Å². The Bertz CT molecular complexity index is 826. The molecule has 100 valence electrons. The van der Waals surface area contributed by atoms with Gasteiger partial charge in [-0.1, -0.05) is 11.6 Å². The first kappa shape index (κ1) is 13.3. The lowest BCUT2D eigenvalue weighted by Gasteiger charge is -2.00. The van der Waals surface area contributed by atoms with Crippen molar-refractivity contribution in [1.29, 1.82) is 0 Å². The van der Waals surface area contributed by atoms with Gasteiger partial charge in [0.2, 0.25) is 5.78 Å². The van der Waals surface area contributed by atoms with Crippen LogP contribution >= 0.6 is 27.5 Å². The fourth-order valence-corrected chi connectivity index (χ4v) is 2.64. The van der Waals surface area contributed by atoms with Gasteiger partial charge in [0.05, 0.1) is 0 Å². The van der Waals surface area contributed by atoms with E-state index in [0.29, 0.717) is 20.6 Å². The highest BCUT2D eigenvalue weighted by molar-refractivity contribution is 9.10. The van der Waals surface area contributed by atoms with Gasteiger partial charge < -0.3 is 4.42 Å². The molecular weight excluding hydrogens is 347 g/mol. The Hall–Kier alpha value is -1.65. The minimum absolute atomic E-state index is 0.189. The lowest BCUT2D eigenvalue weighted by molar-refractivity contribution is 0.101. The maximum atomic E-state index is 13.0. The molecule has 2 aromatic carbocycles. The van der Waals surface area contributed by atoms with Gasteiger partial charge in [-0.25, -0.2) is 4.39 Å². The van der Waals surface area contributed by atoms with Crippen molar-refractivity contribution in [3.63, 3.8) is 0 Å². The predicted molar refractivity (Wildman–Crippen MR) is 78.8 cm³/mol. The molecule has 0 aliphatic carbocycles. The standard InChI is InChI=1S/C15H7BrClFO2/c16-12-7-10(18)2-3-11(12)15(19)14-6-8-5-9(17)1-4-13(8)20-14/h1-7H. The van der Waals surface area contributed by atoms with Gasteiger partial charge in [0.1, 0.15) is 11.4 Å². The number of carbonyl (C=O) groups excluding carboxylic acids is 1. The number of hydrogen-bond donors (Lipinski definition) is 0. The van der Waals surface area contributed by atoms with Crippen LogP contribution in [0.1, 0.15) is 16.1 Å². The number of rotatable bonds is 2. The van der Waals surface area contributed by atoms with E-state index in [4.69, 9.17) is 16.0 Å². The summed E-state index contributed by atoms with van der Waals surface area (Å²) in [5.41, 5.74) is 0.924. The first-order valence-electron chi connectivity index (χ1n) is 5.73. The summed E-state index contributed by atoms with van der Waals surface area (Å²) in [5.74, 6) is -0.538. The van der Waals surface area contributed by atoms with Gasteiger partial charge in [-0.05, 0) is 58.4 Å². The minimum Gasteiger partial charge on any atom is -0.453 e. The van der Waals surface area contributed by atoms with Gasteiger partial charge in [0, 0.05) is 20.4 Å². The molecule has 0 radical (unpaired) electrons. The van der Waals surface area contributed by atoms with E-state index in [1.165, 1.54) is 18.2 Å². The zero-order valence-electron chi connectivity index (χ0n) is 9.99. The molecule has 0 aliphatic rings. The summed E-state index contributed by atoms with van der Waals surface area (Å²) in [7, 11) is 0. The fraction of sp³-hybridized carbons (Fsp3) is 0. The Morgan fingerprint density at radius 1 is 1.15 bits per heavy atom. The second kappa shape index (κ2) is 5.04. The van der Waals surface area contributed by atoms with Crippen LogP contribution < -0.4 is 0 Å². The molecule has 0 aliphatic heterocycles. The average Bonchev–Trinajstić information content (AvgIpc) is 2.81. The highest BCUT2D eigenvalue weighted by atomic mass is 79.9. The van der Waals surface area contributed by atoms with Gasteiger partial charge in [-0.15, -0.1) is 0 Å². The van der Waals surface area contributed by atoms with Gasteiger partial charge in [0.25, 0.3) is 0 Å². The van der Waals surface area contributed by atoms with Gasteiger partial charge in [-0.3, -0.25) is 4.79 Å². The van der Waals surface area contributed by atoms with E-state index < -0.39 is 5.82 Å². The van der Waals surface area contributed by atoms with E-state index in [9.17, 15) is 9.18 Å². The smallest absolute Gasteiger partial charge is 0.229 e. The summed E-state index contributed by atoms with van der Waals surface area (Å²) >= 11 is 9.07. The van der Waals surface area contributed by atoms with Gasteiger partial charge in [-0.2, -0.15) is 0 Å². The number of hydrogen-bond acceptors (Lipinski definition) is 2. The Labute approximate surface area is 127 Å². The van der Waals surface area contributed by atoms with Crippen LogP contribution in [-0.4, -0.2) is 5.78 Å². The molecule has 0 bridgehead atoms. The van der Waals surface area contributed by atoms with E-state index in [1.807, 2.05) is 0 Å². The van der Waals surface area contributed by atoms with Crippen molar-refractivity contribution >= 4 is 44.3 Å². The van der Waals surface area contributed by atoms with Crippen molar-refractivity contribution in [3.05, 3.63) is 69.1 Å². The third kappa shape index (κ3) is 2.37. The summed E-state index contributed by atoms with van der Waals surface area (Å²) in [6.07, 6.45) is 0. The molecule has 3 rings (SSSR count). The van der Waals surface area contributed by atoms with Crippen LogP contribution in [0.25, 0.3) is 11.0 Å². The Morgan fingerprint density at radius 3 is 2.70 bits per heavy atom. The van der Waals surface area contributed by atoms with Crippen molar-refractivity contribution in [3.8, 4) is 0 Å². The van der Waals surface area contributed by atoms with E-state index >= 15 is 0 Å². The third-order valence-electron chi connectivity index (χ3n) is 2.88. The molecule has 0 atom stereocenters. The van der Waals surface area contributed by atoms with Crippen molar-refractivity contribution in [2.75, 3.05) is 0 Å². The summed E-state index contributed by atoms with van der Waals surface area (Å²) in [5, 5.41) is 1.32. The molecule has 0 spiro atoms. The van der Waals surface area contributed by atoms with Gasteiger partial charge >= 0.3 is 0 Å². The second-order valence-corrected chi connectivity index (χ2v) is 5.54. The lowest BCUT2D eigenvalue weighted by Crippen LogP contribution is -2.00. The van der Waals surface area contributed by atoms with Crippen molar-refractivity contribution in [2.45, 2.75) is 0 Å². The van der Waals surface area contributed by atoms with Crippen LogP contribution in [0.5, 0.6) is 0 Å². The summed E-state index contributed by atoms with van der Waals surface area (Å²) in [6, 6.07) is 10.6.